The van der Waals surface area contributed by atoms with E-state index in [1.165, 1.54) is 28.6 Å². The van der Waals surface area contributed by atoms with E-state index in [9.17, 15) is 26.4 Å². The average molecular weight is 459 g/mol. The molecule has 0 unspecified atom stereocenters. The van der Waals surface area contributed by atoms with E-state index in [0.29, 0.717) is 12.8 Å². The molecule has 30 heavy (non-hydrogen) atoms. The molecule has 0 aromatic heterocycles. The molecule has 0 aliphatic carbocycles. The summed E-state index contributed by atoms with van der Waals surface area (Å²) in [5, 5.41) is 0. The molecular weight excluding hydrogens is 432 g/mol. The minimum atomic E-state index is -3.80. The van der Waals surface area contributed by atoms with Gasteiger partial charge in [0.2, 0.25) is 26.0 Å². The van der Waals surface area contributed by atoms with Gasteiger partial charge in [-0.3, -0.25) is 9.59 Å². The zero-order chi connectivity index (χ0) is 22.3. The number of hydrogen-bond donors (Lipinski definition) is 0. The highest BCUT2D eigenvalue weighted by Crippen LogP contribution is 2.36. The van der Waals surface area contributed by atoms with E-state index in [1.54, 1.807) is 20.8 Å². The fraction of sp³-hybridized carbons (Fsp3) is 0.579. The van der Waals surface area contributed by atoms with Gasteiger partial charge in [0.15, 0.2) is 0 Å². The molecule has 2 aliphatic heterocycles. The lowest BCUT2D eigenvalue weighted by atomic mass is 9.95. The van der Waals surface area contributed by atoms with E-state index in [0.717, 1.165) is 4.31 Å². The number of benzene rings is 1. The van der Waals surface area contributed by atoms with Crippen LogP contribution in [0.25, 0.3) is 0 Å². The molecule has 1 aromatic carbocycles. The predicted molar refractivity (Wildman–Crippen MR) is 110 cm³/mol. The van der Waals surface area contributed by atoms with Crippen LogP contribution in [0.15, 0.2) is 29.2 Å². The van der Waals surface area contributed by atoms with Gasteiger partial charge in [-0.1, -0.05) is 0 Å². The molecule has 2 saturated heterocycles. The number of anilines is 1. The Bertz CT molecular complexity index is 1040. The molecule has 11 heteroatoms. The van der Waals surface area contributed by atoms with Crippen molar-refractivity contribution >= 4 is 37.6 Å². The van der Waals surface area contributed by atoms with Gasteiger partial charge in [-0.2, -0.15) is 4.31 Å². The molecule has 2 fully saturated rings. The van der Waals surface area contributed by atoms with Gasteiger partial charge in [0.1, 0.15) is 0 Å². The second-order valence-corrected chi connectivity index (χ2v) is 11.9. The number of sulfonamides is 2. The Morgan fingerprint density at radius 2 is 1.73 bits per heavy atom. The zero-order valence-electron chi connectivity index (χ0n) is 17.2. The molecule has 2 aliphatic rings. The summed E-state index contributed by atoms with van der Waals surface area (Å²) in [5.41, 5.74) is -0.919. The maximum Gasteiger partial charge on any atom is 0.309 e. The van der Waals surface area contributed by atoms with Crippen LogP contribution >= 0.6 is 0 Å². The topological polar surface area (TPSA) is 118 Å². The first-order chi connectivity index (χ1) is 13.9. The van der Waals surface area contributed by atoms with Crippen molar-refractivity contribution < 1.29 is 31.2 Å². The van der Waals surface area contributed by atoms with Gasteiger partial charge >= 0.3 is 5.97 Å². The van der Waals surface area contributed by atoms with Crippen LogP contribution in [-0.4, -0.2) is 58.5 Å². The highest BCUT2D eigenvalue weighted by atomic mass is 32.2. The molecular formula is C19H26N2O7S2. The van der Waals surface area contributed by atoms with Crippen molar-refractivity contribution in [2.45, 2.75) is 38.5 Å². The third kappa shape index (κ3) is 4.10. The van der Waals surface area contributed by atoms with E-state index in [2.05, 4.69) is 0 Å². The van der Waals surface area contributed by atoms with Gasteiger partial charge in [0, 0.05) is 13.1 Å². The Balaban J connectivity index is 1.76. The molecule has 9 nitrogen and oxygen atoms in total. The third-order valence-electron chi connectivity index (χ3n) is 5.37. The molecule has 0 radical (unpaired) electrons. The van der Waals surface area contributed by atoms with Crippen molar-refractivity contribution in [2.24, 2.45) is 11.3 Å². The molecule has 0 saturated carbocycles. The summed E-state index contributed by atoms with van der Waals surface area (Å²) in [6.45, 7) is 5.53. The standard InChI is InChI=1S/C19H26N2O7S2/c1-4-28-17(22)14-9-11-20(12-10-14)30(26,27)16-7-5-15(6-8-16)21-18(23)19(2,3)13-29(21,24)25/h5-8,14H,4,9-13H2,1-3H3. The highest BCUT2D eigenvalue weighted by Gasteiger charge is 2.50. The molecule has 0 bridgehead atoms. The van der Waals surface area contributed by atoms with Crippen molar-refractivity contribution in [2.75, 3.05) is 29.8 Å². The number of ether oxygens (including phenoxy) is 1. The Morgan fingerprint density at radius 1 is 1.17 bits per heavy atom. The predicted octanol–water partition coefficient (Wildman–Crippen LogP) is 1.35. The van der Waals surface area contributed by atoms with Crippen LogP contribution in [0.4, 0.5) is 5.69 Å². The van der Waals surface area contributed by atoms with Crippen LogP contribution in [0.3, 0.4) is 0 Å². The summed E-state index contributed by atoms with van der Waals surface area (Å²) >= 11 is 0. The Hall–Kier alpha value is -1.98. The van der Waals surface area contributed by atoms with Gasteiger partial charge in [0.25, 0.3) is 0 Å². The fourth-order valence-corrected chi connectivity index (χ4v) is 7.33. The lowest BCUT2D eigenvalue weighted by Crippen LogP contribution is -2.40. The Kier molecular flexibility index (Phi) is 6.00. The lowest BCUT2D eigenvalue weighted by Gasteiger charge is -2.30. The van der Waals surface area contributed by atoms with E-state index in [4.69, 9.17) is 4.74 Å². The number of esters is 1. The van der Waals surface area contributed by atoms with Crippen molar-refractivity contribution in [1.29, 1.82) is 0 Å². The van der Waals surface area contributed by atoms with E-state index in [-0.39, 0.29) is 47.9 Å². The molecule has 3 rings (SSSR count). The maximum atomic E-state index is 12.9. The molecule has 0 atom stereocenters. The summed E-state index contributed by atoms with van der Waals surface area (Å²) in [7, 11) is -7.61. The van der Waals surface area contributed by atoms with Crippen molar-refractivity contribution in [3.63, 3.8) is 0 Å². The van der Waals surface area contributed by atoms with Gasteiger partial charge in [-0.05, 0) is 57.9 Å². The number of nitrogens with zero attached hydrogens (tertiary/aromatic N) is 2. The number of amides is 1. The third-order valence-corrected chi connectivity index (χ3v) is 9.30. The quantitative estimate of drug-likeness (QED) is 0.611. The first-order valence-corrected chi connectivity index (χ1v) is 12.8. The average Bonchev–Trinajstić information content (AvgIpc) is 2.84. The number of hydrogen-bond acceptors (Lipinski definition) is 7. The van der Waals surface area contributed by atoms with Crippen molar-refractivity contribution in [3.8, 4) is 0 Å². The van der Waals surface area contributed by atoms with Gasteiger partial charge in [-0.15, -0.1) is 0 Å². The van der Waals surface area contributed by atoms with Crippen LogP contribution in [-0.2, 0) is 34.4 Å². The minimum Gasteiger partial charge on any atom is -0.466 e. The monoisotopic (exact) mass is 458 g/mol. The van der Waals surface area contributed by atoms with Gasteiger partial charge in [-0.25, -0.2) is 21.1 Å². The van der Waals surface area contributed by atoms with Gasteiger partial charge in [0.05, 0.1) is 34.3 Å². The zero-order valence-corrected chi connectivity index (χ0v) is 18.8. The Labute approximate surface area is 177 Å². The van der Waals surface area contributed by atoms with E-state index in [1.807, 2.05) is 0 Å². The van der Waals surface area contributed by atoms with Crippen LogP contribution < -0.4 is 4.31 Å². The molecule has 1 amide bonds. The lowest BCUT2D eigenvalue weighted by molar-refractivity contribution is -0.149. The molecule has 0 N–H and O–H groups in total. The first kappa shape index (κ1) is 22.7. The molecule has 2 heterocycles. The fourth-order valence-electron chi connectivity index (χ4n) is 3.76. The van der Waals surface area contributed by atoms with Gasteiger partial charge < -0.3 is 4.74 Å². The van der Waals surface area contributed by atoms with Crippen LogP contribution in [0, 0.1) is 11.3 Å². The summed E-state index contributed by atoms with van der Waals surface area (Å²) in [5.74, 6) is -1.46. The Morgan fingerprint density at radius 3 is 2.20 bits per heavy atom. The number of piperidine rings is 1. The number of rotatable bonds is 5. The largest absolute Gasteiger partial charge is 0.466 e. The minimum absolute atomic E-state index is 0.00383. The van der Waals surface area contributed by atoms with Crippen LogP contribution in [0.2, 0.25) is 0 Å². The number of carbonyl (C=O) groups is 2. The summed E-state index contributed by atoms with van der Waals surface area (Å²) in [4.78, 5) is 24.3. The van der Waals surface area contributed by atoms with E-state index >= 15 is 0 Å². The molecule has 166 valence electrons. The summed E-state index contributed by atoms with van der Waals surface area (Å²) in [6, 6.07) is 5.26. The molecule has 1 aromatic rings. The summed E-state index contributed by atoms with van der Waals surface area (Å²) in [6.07, 6.45) is 0.761. The van der Waals surface area contributed by atoms with Crippen molar-refractivity contribution in [3.05, 3.63) is 24.3 Å². The van der Waals surface area contributed by atoms with Crippen LogP contribution in [0.5, 0.6) is 0 Å². The smallest absolute Gasteiger partial charge is 0.309 e. The van der Waals surface area contributed by atoms with Crippen LogP contribution in [0.1, 0.15) is 33.6 Å². The summed E-state index contributed by atoms with van der Waals surface area (Å²) < 4.78 is 57.7. The van der Waals surface area contributed by atoms with Crippen molar-refractivity contribution in [1.82, 2.24) is 4.31 Å². The second kappa shape index (κ2) is 7.93. The maximum absolute atomic E-state index is 12.9. The highest BCUT2D eigenvalue weighted by molar-refractivity contribution is 7.94. The molecule has 0 spiro atoms. The SMILES string of the molecule is CCOC(=O)C1CCN(S(=O)(=O)c2ccc(N3C(=O)C(C)(C)CS3(=O)=O)cc2)CC1. The second-order valence-electron chi connectivity index (χ2n) is 8.13. The first-order valence-electron chi connectivity index (χ1n) is 9.74. The normalized spacial score (nSPS) is 22.2. The number of carbonyl (C=O) groups excluding carboxylic acids is 2. The van der Waals surface area contributed by atoms with E-state index < -0.39 is 31.4 Å².